The van der Waals surface area contributed by atoms with Crippen LogP contribution in [0.4, 0.5) is 0 Å². The van der Waals surface area contributed by atoms with E-state index in [-0.39, 0.29) is 55.2 Å². The highest BCUT2D eigenvalue weighted by Crippen LogP contribution is 2.55. The van der Waals surface area contributed by atoms with E-state index in [9.17, 15) is 0 Å². The Balaban J connectivity index is 0.00000600. The number of rotatable bonds is 26. The molecule has 0 radical (unpaired) electrons. The number of benzene rings is 2. The van der Waals surface area contributed by atoms with Gasteiger partial charge in [0.1, 0.15) is 0 Å². The molecule has 2 aromatic rings. The van der Waals surface area contributed by atoms with Crippen LogP contribution in [-0.2, 0) is 5.41 Å². The lowest BCUT2D eigenvalue weighted by atomic mass is 9.70. The van der Waals surface area contributed by atoms with Gasteiger partial charge in [-0.2, -0.15) is 0 Å². The Morgan fingerprint density at radius 1 is 0.510 bits per heavy atom. The van der Waals surface area contributed by atoms with Crippen molar-refractivity contribution in [2.24, 2.45) is 11.8 Å². The second-order valence-corrected chi connectivity index (χ2v) is 22.3. The molecule has 0 saturated heterocycles. The molecule has 6 heteroatoms. The van der Waals surface area contributed by atoms with E-state index in [0.717, 1.165) is 11.8 Å². The molecule has 0 nitrogen and oxygen atoms in total. The molecule has 3 rings (SSSR count). The standard InChI is InChI=1S/C43H70Br2P2.2BrH/c1-7-11-27-46(28-12-8-2)31-23-35(5)17-15-25-43(26-16-18-36(6)24-32-47(29-13-9-3)30-14-10-4)41-33-37(44)19-21-39(41)40-22-20-38(45)34-42(40)43;;/h19-22,33-36H,7-18,23-32H2,1-6H3;2*1H. The van der Waals surface area contributed by atoms with Crippen LogP contribution < -0.4 is 0 Å². The van der Waals surface area contributed by atoms with Crippen molar-refractivity contribution in [3.8, 4) is 11.1 Å². The summed E-state index contributed by atoms with van der Waals surface area (Å²) in [6.45, 7) is 14.6. The molecule has 0 N–H and O–H groups in total. The summed E-state index contributed by atoms with van der Waals surface area (Å²) in [6.07, 6.45) is 31.1. The van der Waals surface area contributed by atoms with E-state index < -0.39 is 0 Å². The molecule has 0 fully saturated rings. The van der Waals surface area contributed by atoms with E-state index in [1.165, 1.54) is 160 Å². The minimum Gasteiger partial charge on any atom is -0.114 e. The fourth-order valence-electron chi connectivity index (χ4n) is 7.90. The Bertz CT molecular complexity index is 1050. The van der Waals surface area contributed by atoms with E-state index in [1.54, 1.807) is 11.1 Å². The van der Waals surface area contributed by atoms with Gasteiger partial charge >= 0.3 is 0 Å². The summed E-state index contributed by atoms with van der Waals surface area (Å²) in [5, 5.41) is 0. The molecule has 2 unspecified atom stereocenters. The van der Waals surface area contributed by atoms with Gasteiger partial charge in [0.2, 0.25) is 0 Å². The highest BCUT2D eigenvalue weighted by molar-refractivity contribution is 9.10. The van der Waals surface area contributed by atoms with Gasteiger partial charge in [0, 0.05) is 14.4 Å². The summed E-state index contributed by atoms with van der Waals surface area (Å²) in [4.78, 5) is 0. The predicted octanol–water partition coefficient (Wildman–Crippen LogP) is 17.2. The first-order chi connectivity index (χ1) is 22.8. The Hall–Kier alpha value is 1.22. The number of unbranched alkanes of at least 4 members (excludes halogenated alkanes) is 4. The zero-order valence-corrected chi connectivity index (χ0v) is 40.5. The lowest BCUT2D eigenvalue weighted by Crippen LogP contribution is -2.26. The molecule has 49 heavy (non-hydrogen) atoms. The van der Waals surface area contributed by atoms with Gasteiger partial charge in [-0.1, -0.05) is 137 Å². The van der Waals surface area contributed by atoms with Crippen LogP contribution in [-0.4, -0.2) is 37.0 Å². The van der Waals surface area contributed by atoms with E-state index in [2.05, 4.69) is 110 Å². The van der Waals surface area contributed by atoms with Crippen molar-refractivity contribution in [3.63, 3.8) is 0 Å². The van der Waals surface area contributed by atoms with Crippen LogP contribution in [0.2, 0.25) is 0 Å². The van der Waals surface area contributed by atoms with Crippen molar-refractivity contribution < 1.29 is 0 Å². The normalized spacial score (nSPS) is 14.3. The molecule has 1 aliphatic rings. The van der Waals surface area contributed by atoms with Gasteiger partial charge in [-0.05, 0) is 147 Å². The first-order valence-electron chi connectivity index (χ1n) is 19.8. The lowest BCUT2D eigenvalue weighted by molar-refractivity contribution is 0.366. The Labute approximate surface area is 345 Å². The molecular weight excluding hydrogens is 898 g/mol. The average molecular weight is 971 g/mol. The number of hydrogen-bond acceptors (Lipinski definition) is 0. The molecule has 0 bridgehead atoms. The molecule has 2 atom stereocenters. The van der Waals surface area contributed by atoms with Gasteiger partial charge in [0.25, 0.3) is 0 Å². The fourth-order valence-corrected chi connectivity index (χ4v) is 14.6. The summed E-state index contributed by atoms with van der Waals surface area (Å²) in [5.74, 6) is 1.67. The van der Waals surface area contributed by atoms with Crippen LogP contribution >= 0.6 is 81.7 Å². The quantitative estimate of drug-likeness (QED) is 0.0824. The monoisotopic (exact) mass is 966 g/mol. The number of hydrogen-bond donors (Lipinski definition) is 0. The van der Waals surface area contributed by atoms with Crippen LogP contribution in [0.15, 0.2) is 45.3 Å². The number of halogens is 4. The second-order valence-electron chi connectivity index (χ2n) is 15.1. The maximum Gasteiger partial charge on any atom is 0.0216 e. The van der Waals surface area contributed by atoms with Crippen molar-refractivity contribution in [2.75, 3.05) is 37.0 Å². The molecule has 0 amide bonds. The van der Waals surface area contributed by atoms with Crippen LogP contribution in [0.5, 0.6) is 0 Å². The van der Waals surface area contributed by atoms with Crippen molar-refractivity contribution in [1.82, 2.24) is 0 Å². The zero-order chi connectivity index (χ0) is 34.1. The van der Waals surface area contributed by atoms with Gasteiger partial charge in [-0.25, -0.2) is 0 Å². The molecule has 0 heterocycles. The Morgan fingerprint density at radius 2 is 0.857 bits per heavy atom. The molecule has 0 saturated carbocycles. The molecular formula is C43H72Br4P2. The summed E-state index contributed by atoms with van der Waals surface area (Å²) < 4.78 is 2.46. The summed E-state index contributed by atoms with van der Waals surface area (Å²) in [5.41, 5.74) is 6.26. The molecule has 1 aliphatic carbocycles. The first-order valence-corrected chi connectivity index (χ1v) is 25.2. The maximum absolute atomic E-state index is 3.89. The maximum atomic E-state index is 3.89. The van der Waals surface area contributed by atoms with Gasteiger partial charge in [-0.15, -0.1) is 49.8 Å². The number of fused-ring (bicyclic) bond motifs is 3. The van der Waals surface area contributed by atoms with Gasteiger partial charge in [0.15, 0.2) is 0 Å². The van der Waals surface area contributed by atoms with Crippen molar-refractivity contribution >= 4 is 81.7 Å². The SMILES string of the molecule is Br.Br.CCCCP(CCCC)CCC(C)CCCC1(CCCC(C)CCP(CCCC)CCCC)c2cc(Br)ccc2-c2ccc(Br)cc21. The molecule has 282 valence electrons. The third kappa shape index (κ3) is 15.8. The Kier molecular flexibility index (Phi) is 26.5. The lowest BCUT2D eigenvalue weighted by Gasteiger charge is -2.34. The summed E-state index contributed by atoms with van der Waals surface area (Å²) in [7, 11) is 0.493. The fraction of sp³-hybridized carbons (Fsp3) is 0.721. The smallest absolute Gasteiger partial charge is 0.0216 e. The minimum absolute atomic E-state index is 0. The average Bonchev–Trinajstić information content (AvgIpc) is 3.31. The third-order valence-corrected chi connectivity index (χ3v) is 17.6. The predicted molar refractivity (Wildman–Crippen MR) is 247 cm³/mol. The van der Waals surface area contributed by atoms with Crippen LogP contribution in [0, 0.1) is 11.8 Å². The van der Waals surface area contributed by atoms with Crippen LogP contribution in [0.25, 0.3) is 11.1 Å². The van der Waals surface area contributed by atoms with Crippen molar-refractivity contribution in [1.29, 1.82) is 0 Å². The Morgan fingerprint density at radius 3 is 1.18 bits per heavy atom. The summed E-state index contributed by atoms with van der Waals surface area (Å²) >= 11 is 7.78. The van der Waals surface area contributed by atoms with E-state index in [4.69, 9.17) is 0 Å². The molecule has 0 aliphatic heterocycles. The molecule has 0 aromatic heterocycles. The highest BCUT2D eigenvalue weighted by Gasteiger charge is 2.42. The van der Waals surface area contributed by atoms with Crippen molar-refractivity contribution in [3.05, 3.63) is 56.5 Å². The van der Waals surface area contributed by atoms with Gasteiger partial charge in [0.05, 0.1) is 0 Å². The molecule has 2 aromatic carbocycles. The highest BCUT2D eigenvalue weighted by atomic mass is 79.9. The summed E-state index contributed by atoms with van der Waals surface area (Å²) in [6, 6.07) is 14.3. The van der Waals surface area contributed by atoms with E-state index in [0.29, 0.717) is 0 Å². The largest absolute Gasteiger partial charge is 0.114 e. The van der Waals surface area contributed by atoms with E-state index >= 15 is 0 Å². The molecule has 0 spiro atoms. The van der Waals surface area contributed by atoms with E-state index in [1.807, 2.05) is 0 Å². The topological polar surface area (TPSA) is 0 Å². The zero-order valence-electron chi connectivity index (χ0n) is 32.1. The first kappa shape index (κ1) is 48.2. The second kappa shape index (κ2) is 26.9. The van der Waals surface area contributed by atoms with Gasteiger partial charge < -0.3 is 0 Å². The third-order valence-electron chi connectivity index (χ3n) is 11.1. The minimum atomic E-state index is 0. The van der Waals surface area contributed by atoms with Crippen LogP contribution in [0.3, 0.4) is 0 Å². The van der Waals surface area contributed by atoms with Crippen molar-refractivity contribution in [2.45, 2.75) is 150 Å². The van der Waals surface area contributed by atoms with Crippen LogP contribution in [0.1, 0.15) is 155 Å². The van der Waals surface area contributed by atoms with Gasteiger partial charge in [-0.3, -0.25) is 0 Å².